The van der Waals surface area contributed by atoms with Crippen LogP contribution in [0.2, 0.25) is 0 Å². The molecule has 0 spiro atoms. The van der Waals surface area contributed by atoms with Crippen LogP contribution in [0.4, 0.5) is 0 Å². The summed E-state index contributed by atoms with van der Waals surface area (Å²) in [5, 5.41) is 17.4. The number of hydrogen-bond acceptors (Lipinski definition) is 2. The first kappa shape index (κ1) is 20.4. The fourth-order valence-electron chi connectivity index (χ4n) is 2.50. The Morgan fingerprint density at radius 2 is 1.05 bits per heavy atom. The minimum atomic E-state index is -1.09. The van der Waals surface area contributed by atoms with Crippen LogP contribution in [0.5, 0.6) is 0 Å². The fraction of sp³-hybridized carbons (Fsp3) is 1.00. The summed E-state index contributed by atoms with van der Waals surface area (Å²) in [6, 6.07) is 0.568. The zero-order chi connectivity index (χ0) is 14.9. The van der Waals surface area contributed by atoms with Crippen molar-refractivity contribution in [3.8, 4) is 0 Å². The van der Waals surface area contributed by atoms with Gasteiger partial charge in [-0.05, 0) is 18.6 Å². The van der Waals surface area contributed by atoms with Crippen molar-refractivity contribution in [2.24, 2.45) is 0 Å². The van der Waals surface area contributed by atoms with E-state index in [1.165, 1.54) is 89.6 Å². The maximum Gasteiger partial charge on any atom is 0.455 e. The van der Waals surface area contributed by atoms with Crippen LogP contribution in [0, 0.1) is 0 Å². The molecule has 0 aliphatic carbocycles. The molecule has 1 atom stereocenters. The van der Waals surface area contributed by atoms with Gasteiger partial charge in [0.15, 0.2) is 0 Å². The van der Waals surface area contributed by atoms with Crippen LogP contribution in [-0.2, 0) is 0 Å². The summed E-state index contributed by atoms with van der Waals surface area (Å²) >= 11 is 0. The van der Waals surface area contributed by atoms with Gasteiger partial charge in [-0.2, -0.15) is 0 Å². The number of rotatable bonds is 16. The molecule has 0 bridgehead atoms. The van der Waals surface area contributed by atoms with Crippen molar-refractivity contribution in [2.45, 2.75) is 90.4 Å². The molecule has 0 aromatic heterocycles. The lowest BCUT2D eigenvalue weighted by atomic mass is 9.98. The first-order valence-electron chi connectivity index (χ1n) is 8.84. The first-order valence-corrected chi connectivity index (χ1v) is 10.3. The van der Waals surface area contributed by atoms with Crippen LogP contribution in [0.1, 0.15) is 90.4 Å². The highest BCUT2D eigenvalue weighted by Gasteiger charge is 2.04. The molecule has 0 saturated carbocycles. The molecule has 120 valence electrons. The molecule has 2 nitrogen and oxygen atoms in total. The molecule has 0 amide bonds. The molecule has 4 heteroatoms. The SMILES string of the molecule is CCCCCCCCCCCCCCCPCB(O)O. The molecule has 0 saturated heterocycles. The molecule has 0 aromatic carbocycles. The van der Waals surface area contributed by atoms with Gasteiger partial charge in [0.25, 0.3) is 0 Å². The molecule has 0 aliphatic heterocycles. The Labute approximate surface area is 129 Å². The predicted molar refractivity (Wildman–Crippen MR) is 93.9 cm³/mol. The van der Waals surface area contributed by atoms with Crippen molar-refractivity contribution in [2.75, 3.05) is 12.2 Å². The third kappa shape index (κ3) is 18.4. The normalized spacial score (nSPS) is 11.6. The zero-order valence-corrected chi connectivity index (χ0v) is 14.6. The highest BCUT2D eigenvalue weighted by molar-refractivity contribution is 7.40. The lowest BCUT2D eigenvalue weighted by Gasteiger charge is -2.03. The van der Waals surface area contributed by atoms with Crippen molar-refractivity contribution in [1.29, 1.82) is 0 Å². The Kier molecular flexibility index (Phi) is 17.8. The molecule has 0 radical (unpaired) electrons. The van der Waals surface area contributed by atoms with Gasteiger partial charge < -0.3 is 10.0 Å². The molecular weight excluding hydrogens is 266 g/mol. The van der Waals surface area contributed by atoms with E-state index in [0.717, 1.165) is 8.58 Å². The Morgan fingerprint density at radius 3 is 1.45 bits per heavy atom. The van der Waals surface area contributed by atoms with Crippen molar-refractivity contribution in [3.05, 3.63) is 0 Å². The van der Waals surface area contributed by atoms with Crippen LogP contribution >= 0.6 is 8.58 Å². The second kappa shape index (κ2) is 17.5. The molecule has 0 aromatic rings. The summed E-state index contributed by atoms with van der Waals surface area (Å²) in [7, 11) is -0.364. The van der Waals surface area contributed by atoms with Gasteiger partial charge in [-0.3, -0.25) is 0 Å². The Hall–Kier alpha value is 0.415. The Bertz CT molecular complexity index is 180. The van der Waals surface area contributed by atoms with Crippen LogP contribution < -0.4 is 0 Å². The molecule has 0 aliphatic rings. The molecule has 0 rings (SSSR count). The van der Waals surface area contributed by atoms with Crippen molar-refractivity contribution in [1.82, 2.24) is 0 Å². The summed E-state index contributed by atoms with van der Waals surface area (Å²) in [6.45, 7) is 2.27. The average Bonchev–Trinajstić information content (AvgIpc) is 2.43. The van der Waals surface area contributed by atoms with Crippen molar-refractivity contribution in [3.63, 3.8) is 0 Å². The Morgan fingerprint density at radius 1 is 0.650 bits per heavy atom. The number of unbranched alkanes of at least 4 members (excludes halogenated alkanes) is 12. The summed E-state index contributed by atoms with van der Waals surface area (Å²) in [5.41, 5.74) is 0. The van der Waals surface area contributed by atoms with E-state index in [9.17, 15) is 0 Å². The summed E-state index contributed by atoms with van der Waals surface area (Å²) in [5.74, 6) is 0. The predicted octanol–water partition coefficient (Wildman–Crippen LogP) is 4.77. The van der Waals surface area contributed by atoms with E-state index in [-0.39, 0.29) is 0 Å². The molecule has 1 unspecified atom stereocenters. The van der Waals surface area contributed by atoms with Gasteiger partial charge in [-0.25, -0.2) is 0 Å². The van der Waals surface area contributed by atoms with Crippen molar-refractivity contribution < 1.29 is 10.0 Å². The molecule has 2 N–H and O–H groups in total. The third-order valence-electron chi connectivity index (χ3n) is 3.78. The van der Waals surface area contributed by atoms with E-state index in [1.54, 1.807) is 0 Å². The van der Waals surface area contributed by atoms with Crippen LogP contribution in [0.25, 0.3) is 0 Å². The van der Waals surface area contributed by atoms with E-state index >= 15 is 0 Å². The van der Waals surface area contributed by atoms with E-state index in [1.807, 2.05) is 0 Å². The van der Waals surface area contributed by atoms with Gasteiger partial charge in [0.2, 0.25) is 0 Å². The quantitative estimate of drug-likeness (QED) is 0.245. The summed E-state index contributed by atoms with van der Waals surface area (Å²) in [6.07, 6.45) is 19.3. The van der Waals surface area contributed by atoms with Gasteiger partial charge in [0.1, 0.15) is 0 Å². The molecular formula is C16H36BO2P. The standard InChI is InChI=1S/C16H36BO2P/c1-2-3-4-5-6-7-8-9-10-11-12-13-14-15-20-16-17(18)19/h18-20H,2-16H2,1H3. The lowest BCUT2D eigenvalue weighted by Crippen LogP contribution is -2.13. The van der Waals surface area contributed by atoms with E-state index in [2.05, 4.69) is 6.92 Å². The van der Waals surface area contributed by atoms with E-state index in [0.29, 0.717) is 6.06 Å². The van der Waals surface area contributed by atoms with Crippen LogP contribution in [0.15, 0.2) is 0 Å². The second-order valence-corrected chi connectivity index (χ2v) is 7.34. The lowest BCUT2D eigenvalue weighted by molar-refractivity contribution is 0.415. The third-order valence-corrected chi connectivity index (χ3v) is 5.14. The highest BCUT2D eigenvalue weighted by Crippen LogP contribution is 2.15. The maximum atomic E-state index is 8.72. The molecule has 0 heterocycles. The fourth-order valence-corrected chi connectivity index (χ4v) is 3.46. The van der Waals surface area contributed by atoms with E-state index in [4.69, 9.17) is 10.0 Å². The number of hydrogen-bond donors (Lipinski definition) is 2. The Balaban J connectivity index is 2.92. The molecule has 0 fully saturated rings. The zero-order valence-electron chi connectivity index (χ0n) is 13.6. The van der Waals surface area contributed by atoms with Gasteiger partial charge in [0, 0.05) is 0 Å². The minimum absolute atomic E-state index is 0.568. The highest BCUT2D eigenvalue weighted by atomic mass is 31.1. The maximum absolute atomic E-state index is 8.72. The smallest absolute Gasteiger partial charge is 0.427 e. The van der Waals surface area contributed by atoms with Gasteiger partial charge in [-0.15, -0.1) is 8.58 Å². The minimum Gasteiger partial charge on any atom is -0.427 e. The van der Waals surface area contributed by atoms with Gasteiger partial charge in [0.05, 0.1) is 0 Å². The van der Waals surface area contributed by atoms with Gasteiger partial charge in [-0.1, -0.05) is 84.0 Å². The summed E-state index contributed by atoms with van der Waals surface area (Å²) < 4.78 is 0. The average molecular weight is 302 g/mol. The monoisotopic (exact) mass is 302 g/mol. The van der Waals surface area contributed by atoms with Crippen LogP contribution in [0.3, 0.4) is 0 Å². The largest absolute Gasteiger partial charge is 0.455 e. The first-order chi connectivity index (χ1) is 9.77. The van der Waals surface area contributed by atoms with Crippen molar-refractivity contribution >= 4 is 15.7 Å². The molecule has 20 heavy (non-hydrogen) atoms. The summed E-state index contributed by atoms with van der Waals surface area (Å²) in [4.78, 5) is 0. The second-order valence-electron chi connectivity index (χ2n) is 5.93. The van der Waals surface area contributed by atoms with Crippen LogP contribution in [-0.4, -0.2) is 29.4 Å². The topological polar surface area (TPSA) is 40.5 Å². The van der Waals surface area contributed by atoms with Gasteiger partial charge >= 0.3 is 7.12 Å². The van der Waals surface area contributed by atoms with E-state index < -0.39 is 7.12 Å².